The molecule has 0 unspecified atom stereocenters. The highest BCUT2D eigenvalue weighted by molar-refractivity contribution is 5.79. The molecular weight excluding hydrogens is 304 g/mol. The van der Waals surface area contributed by atoms with Gasteiger partial charge in [0.05, 0.1) is 19.6 Å². The number of hydrogen-bond donors (Lipinski definition) is 1. The van der Waals surface area contributed by atoms with Crippen molar-refractivity contribution in [2.45, 2.75) is 52.7 Å². The Balaban J connectivity index is 2.90. The predicted molar refractivity (Wildman–Crippen MR) is 95.5 cm³/mol. The third-order valence-electron chi connectivity index (χ3n) is 4.11. The SMILES string of the molecule is COC(=O)[C@@H](C)[C@H](NCC(=O)N(C(C)C)C(C)C)c1ccccc1. The second-order valence-electron chi connectivity index (χ2n) is 6.57. The van der Waals surface area contributed by atoms with Crippen LogP contribution in [0.3, 0.4) is 0 Å². The molecule has 0 saturated carbocycles. The van der Waals surface area contributed by atoms with Crippen molar-refractivity contribution >= 4 is 11.9 Å². The second-order valence-corrected chi connectivity index (χ2v) is 6.57. The van der Waals surface area contributed by atoms with Crippen LogP contribution in [0.4, 0.5) is 0 Å². The standard InChI is InChI=1S/C19H30N2O3/c1-13(2)21(14(3)4)17(22)12-20-18(15(5)19(23)24-6)16-10-8-7-9-11-16/h7-11,13-15,18,20H,12H2,1-6H3/t15-,18-/m0/s1. The van der Waals surface area contributed by atoms with Crippen LogP contribution in [0, 0.1) is 5.92 Å². The van der Waals surface area contributed by atoms with Crippen molar-refractivity contribution in [2.75, 3.05) is 13.7 Å². The van der Waals surface area contributed by atoms with Crippen LogP contribution in [0.1, 0.15) is 46.2 Å². The summed E-state index contributed by atoms with van der Waals surface area (Å²) < 4.78 is 4.87. The molecule has 134 valence electrons. The van der Waals surface area contributed by atoms with Crippen molar-refractivity contribution in [3.63, 3.8) is 0 Å². The van der Waals surface area contributed by atoms with Crippen LogP contribution in [-0.4, -0.2) is 42.5 Å². The van der Waals surface area contributed by atoms with Crippen LogP contribution >= 0.6 is 0 Å². The third kappa shape index (κ3) is 5.34. The number of methoxy groups -OCH3 is 1. The molecule has 0 saturated heterocycles. The maximum Gasteiger partial charge on any atom is 0.310 e. The number of ether oxygens (including phenoxy) is 1. The molecule has 0 aliphatic heterocycles. The summed E-state index contributed by atoms with van der Waals surface area (Å²) in [4.78, 5) is 26.4. The van der Waals surface area contributed by atoms with Crippen molar-refractivity contribution in [2.24, 2.45) is 5.92 Å². The van der Waals surface area contributed by atoms with Crippen LogP contribution in [0.2, 0.25) is 0 Å². The lowest BCUT2D eigenvalue weighted by molar-refractivity contribution is -0.146. The molecule has 1 aromatic carbocycles. The summed E-state index contributed by atoms with van der Waals surface area (Å²) in [6.07, 6.45) is 0. The predicted octanol–water partition coefficient (Wildman–Crippen LogP) is 2.77. The Morgan fingerprint density at radius 1 is 1.04 bits per heavy atom. The molecule has 2 atom stereocenters. The van der Waals surface area contributed by atoms with Crippen LogP contribution in [0.15, 0.2) is 30.3 Å². The van der Waals surface area contributed by atoms with Gasteiger partial charge in [0.1, 0.15) is 0 Å². The van der Waals surface area contributed by atoms with Crippen LogP contribution in [-0.2, 0) is 14.3 Å². The van der Waals surface area contributed by atoms with Gasteiger partial charge >= 0.3 is 5.97 Å². The first-order valence-electron chi connectivity index (χ1n) is 8.46. The van der Waals surface area contributed by atoms with Gasteiger partial charge in [0.25, 0.3) is 0 Å². The number of nitrogens with one attached hydrogen (secondary N) is 1. The van der Waals surface area contributed by atoms with Crippen molar-refractivity contribution in [3.05, 3.63) is 35.9 Å². The van der Waals surface area contributed by atoms with E-state index in [4.69, 9.17) is 4.74 Å². The van der Waals surface area contributed by atoms with Gasteiger partial charge in [0.15, 0.2) is 0 Å². The van der Waals surface area contributed by atoms with Gasteiger partial charge in [-0.3, -0.25) is 9.59 Å². The molecular formula is C19H30N2O3. The number of benzene rings is 1. The van der Waals surface area contributed by atoms with Crippen LogP contribution < -0.4 is 5.32 Å². The zero-order chi connectivity index (χ0) is 18.3. The van der Waals surface area contributed by atoms with Crippen LogP contribution in [0.5, 0.6) is 0 Å². The van der Waals surface area contributed by atoms with Crippen molar-refractivity contribution in [3.8, 4) is 0 Å². The van der Waals surface area contributed by atoms with Crippen LogP contribution in [0.25, 0.3) is 0 Å². The van der Waals surface area contributed by atoms with E-state index in [-0.39, 0.29) is 36.5 Å². The summed E-state index contributed by atoms with van der Waals surface area (Å²) in [5.41, 5.74) is 0.962. The Hall–Kier alpha value is -1.88. The molecule has 0 aromatic heterocycles. The van der Waals surface area contributed by atoms with Gasteiger partial charge in [0.2, 0.25) is 5.91 Å². The molecule has 0 bridgehead atoms. The fourth-order valence-corrected chi connectivity index (χ4v) is 3.03. The molecule has 1 rings (SSSR count). The van der Waals surface area contributed by atoms with Gasteiger partial charge < -0.3 is 15.0 Å². The second kappa shape index (κ2) is 9.42. The number of carbonyl (C=O) groups is 2. The number of rotatable bonds is 8. The minimum Gasteiger partial charge on any atom is -0.469 e. The Labute approximate surface area is 145 Å². The highest BCUT2D eigenvalue weighted by Gasteiger charge is 2.28. The average Bonchev–Trinajstić information content (AvgIpc) is 2.54. The van der Waals surface area contributed by atoms with E-state index in [1.54, 1.807) is 0 Å². The van der Waals surface area contributed by atoms with Gasteiger partial charge in [-0.15, -0.1) is 0 Å². The maximum atomic E-state index is 12.6. The molecule has 5 heteroatoms. The first-order valence-corrected chi connectivity index (χ1v) is 8.46. The number of carbonyl (C=O) groups excluding carboxylic acids is 2. The lowest BCUT2D eigenvalue weighted by Crippen LogP contribution is -2.47. The molecule has 0 spiro atoms. The van der Waals surface area contributed by atoms with Crippen molar-refractivity contribution < 1.29 is 14.3 Å². The fourth-order valence-electron chi connectivity index (χ4n) is 3.03. The molecule has 1 N–H and O–H groups in total. The molecule has 1 aromatic rings. The van der Waals surface area contributed by atoms with E-state index >= 15 is 0 Å². The highest BCUT2D eigenvalue weighted by Crippen LogP contribution is 2.23. The summed E-state index contributed by atoms with van der Waals surface area (Å²) in [6, 6.07) is 9.65. The highest BCUT2D eigenvalue weighted by atomic mass is 16.5. The number of amides is 1. The van der Waals surface area contributed by atoms with Gasteiger partial charge in [0, 0.05) is 18.1 Å². The molecule has 24 heavy (non-hydrogen) atoms. The quantitative estimate of drug-likeness (QED) is 0.743. The van der Waals surface area contributed by atoms with E-state index < -0.39 is 5.92 Å². The largest absolute Gasteiger partial charge is 0.469 e. The fraction of sp³-hybridized carbons (Fsp3) is 0.579. The smallest absolute Gasteiger partial charge is 0.310 e. The molecule has 1 amide bonds. The lowest BCUT2D eigenvalue weighted by atomic mass is 9.94. The zero-order valence-electron chi connectivity index (χ0n) is 15.6. The first-order chi connectivity index (χ1) is 11.3. The minimum absolute atomic E-state index is 0.0259. The summed E-state index contributed by atoms with van der Waals surface area (Å²) in [6.45, 7) is 10.0. The van der Waals surface area contributed by atoms with E-state index in [1.807, 2.05) is 69.9 Å². The molecule has 0 aliphatic carbocycles. The minimum atomic E-state index is -0.392. The topological polar surface area (TPSA) is 58.6 Å². The Bertz CT molecular complexity index is 521. The van der Waals surface area contributed by atoms with E-state index in [2.05, 4.69) is 5.32 Å². The summed E-state index contributed by atoms with van der Waals surface area (Å²) in [5, 5.41) is 3.25. The summed E-state index contributed by atoms with van der Waals surface area (Å²) in [5.74, 6) is -0.664. The molecule has 0 aliphatic rings. The van der Waals surface area contributed by atoms with Gasteiger partial charge in [-0.1, -0.05) is 37.3 Å². The monoisotopic (exact) mass is 334 g/mol. The third-order valence-corrected chi connectivity index (χ3v) is 4.11. The van der Waals surface area contributed by atoms with Gasteiger partial charge in [-0.05, 0) is 33.3 Å². The Morgan fingerprint density at radius 3 is 2.04 bits per heavy atom. The average molecular weight is 334 g/mol. The van der Waals surface area contributed by atoms with E-state index in [0.29, 0.717) is 0 Å². The van der Waals surface area contributed by atoms with Crippen molar-refractivity contribution in [1.29, 1.82) is 0 Å². The summed E-state index contributed by atoms with van der Waals surface area (Å²) in [7, 11) is 1.38. The van der Waals surface area contributed by atoms with E-state index in [1.165, 1.54) is 7.11 Å². The molecule has 0 heterocycles. The normalized spacial score (nSPS) is 13.7. The lowest BCUT2D eigenvalue weighted by Gasteiger charge is -2.32. The van der Waals surface area contributed by atoms with E-state index in [0.717, 1.165) is 5.56 Å². The van der Waals surface area contributed by atoms with E-state index in [9.17, 15) is 9.59 Å². The number of nitrogens with zero attached hydrogens (tertiary/aromatic N) is 1. The zero-order valence-corrected chi connectivity index (χ0v) is 15.6. The molecule has 5 nitrogen and oxygen atoms in total. The molecule has 0 radical (unpaired) electrons. The van der Waals surface area contributed by atoms with Gasteiger partial charge in [-0.2, -0.15) is 0 Å². The summed E-state index contributed by atoms with van der Waals surface area (Å²) >= 11 is 0. The number of hydrogen-bond acceptors (Lipinski definition) is 4. The maximum absolute atomic E-state index is 12.6. The van der Waals surface area contributed by atoms with Crippen molar-refractivity contribution in [1.82, 2.24) is 10.2 Å². The first kappa shape index (κ1) is 20.2. The Morgan fingerprint density at radius 2 is 1.58 bits per heavy atom. The Kier molecular flexibility index (Phi) is 7.92. The number of esters is 1. The molecule has 0 fully saturated rings. The van der Waals surface area contributed by atoms with Gasteiger partial charge in [-0.25, -0.2) is 0 Å².